The normalized spacial score (nSPS) is 12.8. The van der Waals surface area contributed by atoms with Crippen molar-refractivity contribution >= 4 is 75.1 Å². The predicted molar refractivity (Wildman–Crippen MR) is 214 cm³/mol. The lowest BCUT2D eigenvalue weighted by Crippen LogP contribution is -2.33. The van der Waals surface area contributed by atoms with Gasteiger partial charge in [-0.05, 0) is 60.0 Å². The van der Waals surface area contributed by atoms with E-state index in [4.69, 9.17) is 4.74 Å². The number of rotatable bonds is 12. The SMILES string of the molecule is COC(=O)c1c(NC(=O)C(Sc2cccc(NC(=O)/C(=C\c3ccccc3[N+](=O)[O-])NC(=O)c3ccccc3)c2)c2ccccc2)sc2c1CCN(C(C)=O)C2. The van der Waals surface area contributed by atoms with Gasteiger partial charge in [0.2, 0.25) is 11.8 Å². The maximum atomic E-state index is 14.2. The molecular weight excluding hydrogens is 755 g/mol. The highest BCUT2D eigenvalue weighted by Gasteiger charge is 2.32. The molecule has 1 atom stereocenters. The number of hydrogen-bond donors (Lipinski definition) is 3. The number of thioether (sulfide) groups is 1. The first-order valence-electron chi connectivity index (χ1n) is 17.3. The lowest BCUT2D eigenvalue weighted by Gasteiger charge is -2.25. The van der Waals surface area contributed by atoms with E-state index in [1.807, 2.05) is 30.3 Å². The molecule has 0 saturated carbocycles. The zero-order valence-corrected chi connectivity index (χ0v) is 31.8. The summed E-state index contributed by atoms with van der Waals surface area (Å²) in [7, 11) is 1.28. The first-order valence-corrected chi connectivity index (χ1v) is 19.0. The summed E-state index contributed by atoms with van der Waals surface area (Å²) >= 11 is 2.44. The van der Waals surface area contributed by atoms with Crippen molar-refractivity contribution in [3.63, 3.8) is 0 Å². The van der Waals surface area contributed by atoms with E-state index in [2.05, 4.69) is 16.0 Å². The van der Waals surface area contributed by atoms with Gasteiger partial charge in [0.1, 0.15) is 15.9 Å². The maximum absolute atomic E-state index is 14.2. The third-order valence-corrected chi connectivity index (χ3v) is 11.2. The summed E-state index contributed by atoms with van der Waals surface area (Å²) < 4.78 is 5.09. The minimum absolute atomic E-state index is 0.0856. The molecule has 0 aliphatic carbocycles. The second-order valence-electron chi connectivity index (χ2n) is 12.5. The average Bonchev–Trinajstić information content (AvgIpc) is 3.57. The minimum Gasteiger partial charge on any atom is -0.465 e. The molecule has 13 nitrogen and oxygen atoms in total. The number of esters is 1. The van der Waals surface area contributed by atoms with Crippen molar-refractivity contribution in [2.75, 3.05) is 24.3 Å². The van der Waals surface area contributed by atoms with E-state index >= 15 is 0 Å². The lowest BCUT2D eigenvalue weighted by atomic mass is 10.0. The number of amides is 4. The molecule has 2 heterocycles. The zero-order valence-electron chi connectivity index (χ0n) is 30.1. The summed E-state index contributed by atoms with van der Waals surface area (Å²) in [6, 6.07) is 29.9. The summed E-state index contributed by atoms with van der Waals surface area (Å²) in [5.41, 5.74) is 1.91. The van der Waals surface area contributed by atoms with Crippen molar-refractivity contribution in [2.45, 2.75) is 30.0 Å². The Hall–Kier alpha value is -6.58. The number of nitro groups is 1. The van der Waals surface area contributed by atoms with Crippen LogP contribution >= 0.6 is 23.1 Å². The Morgan fingerprint density at radius 2 is 1.61 bits per heavy atom. The van der Waals surface area contributed by atoms with Crippen molar-refractivity contribution in [3.8, 4) is 0 Å². The standard InChI is InChI=1S/C41H35N5O8S2/c1-25(47)45-21-20-31-34(24-45)56-40(35(31)41(51)54-2)44-39(50)36(26-12-5-3-6-13-26)55-30-18-11-17-29(23-30)42-38(49)32(43-37(48)27-14-7-4-8-15-27)22-28-16-9-10-19-33(28)46(52)53/h3-19,22-23,36H,20-21,24H2,1-2H3,(H,42,49)(H,43,48)(H,44,50)/b32-22+. The first-order chi connectivity index (χ1) is 27.0. The monoisotopic (exact) mass is 789 g/mol. The number of para-hydroxylation sites is 1. The van der Waals surface area contributed by atoms with Crippen LogP contribution in [0.1, 0.15) is 54.5 Å². The molecule has 3 N–H and O–H groups in total. The van der Waals surface area contributed by atoms with Gasteiger partial charge in [-0.25, -0.2) is 4.79 Å². The van der Waals surface area contributed by atoms with Gasteiger partial charge in [0.15, 0.2) is 0 Å². The molecule has 4 aromatic carbocycles. The van der Waals surface area contributed by atoms with Crippen molar-refractivity contribution in [2.24, 2.45) is 0 Å². The van der Waals surface area contributed by atoms with Gasteiger partial charge in [0, 0.05) is 40.6 Å². The van der Waals surface area contributed by atoms with E-state index in [1.54, 1.807) is 65.6 Å². The Labute approximate surface area is 329 Å². The number of anilines is 2. The van der Waals surface area contributed by atoms with Gasteiger partial charge in [-0.2, -0.15) is 0 Å². The third-order valence-electron chi connectivity index (χ3n) is 8.78. The number of nitro benzene ring substituents is 1. The smallest absolute Gasteiger partial charge is 0.341 e. The molecule has 1 aliphatic heterocycles. The molecule has 0 radical (unpaired) electrons. The van der Waals surface area contributed by atoms with Crippen LogP contribution in [0.5, 0.6) is 0 Å². The van der Waals surface area contributed by atoms with Crippen LogP contribution in [0, 0.1) is 10.1 Å². The van der Waals surface area contributed by atoms with Crippen molar-refractivity contribution in [1.82, 2.24) is 10.2 Å². The summed E-state index contributed by atoms with van der Waals surface area (Å²) in [6.07, 6.45) is 1.68. The van der Waals surface area contributed by atoms with Crippen LogP contribution in [0.3, 0.4) is 0 Å². The van der Waals surface area contributed by atoms with E-state index in [1.165, 1.54) is 61.4 Å². The largest absolute Gasteiger partial charge is 0.465 e. The number of ether oxygens (including phenoxy) is 1. The van der Waals surface area contributed by atoms with Crippen LogP contribution in [-0.2, 0) is 32.1 Å². The van der Waals surface area contributed by atoms with E-state index in [0.29, 0.717) is 40.7 Å². The number of nitrogens with one attached hydrogen (secondary N) is 3. The fourth-order valence-corrected chi connectivity index (χ4v) is 8.35. The highest BCUT2D eigenvalue weighted by molar-refractivity contribution is 8.00. The highest BCUT2D eigenvalue weighted by atomic mass is 32.2. The minimum atomic E-state index is -0.820. The third kappa shape index (κ3) is 9.19. The molecule has 1 unspecified atom stereocenters. The molecule has 0 fully saturated rings. The Kier molecular flexibility index (Phi) is 12.4. The Morgan fingerprint density at radius 3 is 2.30 bits per heavy atom. The molecule has 1 aliphatic rings. The highest BCUT2D eigenvalue weighted by Crippen LogP contribution is 2.41. The van der Waals surface area contributed by atoms with Crippen LogP contribution in [0.2, 0.25) is 0 Å². The molecular formula is C41H35N5O8S2. The number of carbonyl (C=O) groups is 5. The molecule has 56 heavy (non-hydrogen) atoms. The van der Waals surface area contributed by atoms with Crippen molar-refractivity contribution < 1.29 is 33.6 Å². The number of carbonyl (C=O) groups excluding carboxylic acids is 5. The van der Waals surface area contributed by atoms with E-state index < -0.39 is 33.9 Å². The second kappa shape index (κ2) is 17.7. The average molecular weight is 790 g/mol. The van der Waals surface area contributed by atoms with E-state index in [0.717, 1.165) is 10.4 Å². The Bertz CT molecular complexity index is 2350. The van der Waals surface area contributed by atoms with Gasteiger partial charge >= 0.3 is 5.97 Å². The van der Waals surface area contributed by atoms with Gasteiger partial charge in [-0.15, -0.1) is 23.1 Å². The number of benzene rings is 4. The molecule has 1 aromatic heterocycles. The summed E-state index contributed by atoms with van der Waals surface area (Å²) in [5.74, 6) is -2.42. The molecule has 0 saturated heterocycles. The molecule has 6 rings (SSSR count). The van der Waals surface area contributed by atoms with E-state index in [9.17, 15) is 34.1 Å². The number of hydrogen-bond acceptors (Lipinski definition) is 10. The molecule has 0 bridgehead atoms. The predicted octanol–water partition coefficient (Wildman–Crippen LogP) is 7.23. The van der Waals surface area contributed by atoms with Crippen molar-refractivity contribution in [1.29, 1.82) is 0 Å². The molecule has 0 spiro atoms. The second-order valence-corrected chi connectivity index (χ2v) is 14.7. The number of thiophene rings is 1. The van der Waals surface area contributed by atoms with Gasteiger partial charge in [0.05, 0.1) is 29.7 Å². The van der Waals surface area contributed by atoms with Crippen molar-refractivity contribution in [3.05, 3.63) is 158 Å². The maximum Gasteiger partial charge on any atom is 0.341 e. The Morgan fingerprint density at radius 1 is 0.911 bits per heavy atom. The Balaban J connectivity index is 1.27. The van der Waals surface area contributed by atoms with Crippen LogP contribution < -0.4 is 16.0 Å². The lowest BCUT2D eigenvalue weighted by molar-refractivity contribution is -0.385. The van der Waals surface area contributed by atoms with Gasteiger partial charge in [-0.1, -0.05) is 66.7 Å². The van der Waals surface area contributed by atoms with Crippen LogP contribution in [0.25, 0.3) is 6.08 Å². The summed E-state index contributed by atoms with van der Waals surface area (Å²) in [6.45, 7) is 2.25. The molecule has 15 heteroatoms. The molecule has 5 aromatic rings. The van der Waals surface area contributed by atoms with Crippen LogP contribution in [-0.4, -0.2) is 53.1 Å². The fraction of sp³-hybridized carbons (Fsp3) is 0.146. The molecule has 4 amide bonds. The number of nitrogens with zero attached hydrogens (tertiary/aromatic N) is 2. The quantitative estimate of drug-likeness (QED) is 0.0387. The number of fused-ring (bicyclic) bond motifs is 1. The topological polar surface area (TPSA) is 177 Å². The zero-order chi connectivity index (χ0) is 39.8. The fourth-order valence-electron chi connectivity index (χ4n) is 6.01. The summed E-state index contributed by atoms with van der Waals surface area (Å²) in [5, 5.41) is 19.6. The van der Waals surface area contributed by atoms with Gasteiger partial charge in [0.25, 0.3) is 17.5 Å². The van der Waals surface area contributed by atoms with Gasteiger partial charge in [-0.3, -0.25) is 29.3 Å². The molecule has 284 valence electrons. The van der Waals surface area contributed by atoms with Crippen LogP contribution in [0.4, 0.5) is 16.4 Å². The first kappa shape index (κ1) is 39.1. The van der Waals surface area contributed by atoms with Gasteiger partial charge < -0.3 is 25.6 Å². The van der Waals surface area contributed by atoms with Crippen LogP contribution in [0.15, 0.2) is 120 Å². The number of methoxy groups -OCH3 is 1. The van der Waals surface area contributed by atoms with E-state index in [-0.39, 0.29) is 34.0 Å². The summed E-state index contributed by atoms with van der Waals surface area (Å²) in [4.78, 5) is 80.5.